The minimum Gasteiger partial charge on any atom is -0.333 e. The van der Waals surface area contributed by atoms with Crippen molar-refractivity contribution in [2.75, 3.05) is 0 Å². The summed E-state index contributed by atoms with van der Waals surface area (Å²) >= 11 is 0. The molecule has 2 aromatic carbocycles. The molecule has 0 aliphatic carbocycles. The summed E-state index contributed by atoms with van der Waals surface area (Å²) in [5.74, 6) is -0.0282. The summed E-state index contributed by atoms with van der Waals surface area (Å²) in [6.07, 6.45) is -3.57. The number of halogens is 3. The van der Waals surface area contributed by atoms with E-state index in [2.05, 4.69) is 15.2 Å². The van der Waals surface area contributed by atoms with Gasteiger partial charge in [-0.15, -0.1) is 0 Å². The van der Waals surface area contributed by atoms with Crippen molar-refractivity contribution in [3.05, 3.63) is 72.6 Å². The van der Waals surface area contributed by atoms with Crippen molar-refractivity contribution in [1.82, 2.24) is 19.9 Å². The van der Waals surface area contributed by atoms with Crippen LogP contribution in [-0.4, -0.2) is 19.9 Å². The van der Waals surface area contributed by atoms with E-state index in [1.54, 1.807) is 42.5 Å². The van der Waals surface area contributed by atoms with Crippen LogP contribution in [0, 0.1) is 0 Å². The number of rotatable bonds is 3. The second-order valence-corrected chi connectivity index (χ2v) is 5.44. The number of alkyl halides is 3. The molecule has 4 rings (SSSR count). The predicted molar refractivity (Wildman–Crippen MR) is 87.3 cm³/mol. The second kappa shape index (κ2) is 6.14. The molecule has 26 heavy (non-hydrogen) atoms. The van der Waals surface area contributed by atoms with Crippen molar-refractivity contribution in [3.63, 3.8) is 0 Å². The highest BCUT2D eigenvalue weighted by atomic mass is 19.4. The van der Waals surface area contributed by atoms with Crippen LogP contribution in [0.4, 0.5) is 13.2 Å². The van der Waals surface area contributed by atoms with Gasteiger partial charge in [-0.2, -0.15) is 23.3 Å². The third-order valence-corrected chi connectivity index (χ3v) is 3.73. The van der Waals surface area contributed by atoms with Crippen molar-refractivity contribution in [2.45, 2.75) is 6.18 Å². The molecule has 0 N–H and O–H groups in total. The molecule has 2 heterocycles. The summed E-state index contributed by atoms with van der Waals surface area (Å²) < 4.78 is 47.0. The Hall–Kier alpha value is -3.42. The highest BCUT2D eigenvalue weighted by Crippen LogP contribution is 2.38. The Kier molecular flexibility index (Phi) is 3.80. The standard InChI is InChI=1S/C18H11F3N4O/c19-18(20,21)15-14(11-22-25(15)13-9-5-2-6-10-13)17-23-16(24-26-17)12-7-3-1-4-8-12/h1-11H. The lowest BCUT2D eigenvalue weighted by atomic mass is 10.2. The molecule has 0 radical (unpaired) electrons. The molecule has 8 heteroatoms. The number of nitrogens with zero attached hydrogens (tertiary/aromatic N) is 4. The first kappa shape index (κ1) is 16.1. The van der Waals surface area contributed by atoms with E-state index in [0.29, 0.717) is 5.56 Å². The Morgan fingerprint density at radius 3 is 2.19 bits per heavy atom. The summed E-state index contributed by atoms with van der Waals surface area (Å²) in [4.78, 5) is 4.10. The van der Waals surface area contributed by atoms with Crippen LogP contribution < -0.4 is 0 Å². The van der Waals surface area contributed by atoms with Crippen LogP contribution in [0.2, 0.25) is 0 Å². The quantitative estimate of drug-likeness (QED) is 0.538. The van der Waals surface area contributed by atoms with Crippen LogP contribution in [-0.2, 0) is 6.18 Å². The van der Waals surface area contributed by atoms with Crippen LogP contribution in [0.15, 0.2) is 71.4 Å². The van der Waals surface area contributed by atoms with Gasteiger partial charge in [0.15, 0.2) is 5.69 Å². The van der Waals surface area contributed by atoms with Crippen LogP contribution in [0.1, 0.15) is 5.69 Å². The average Bonchev–Trinajstić information content (AvgIpc) is 3.30. The smallest absolute Gasteiger partial charge is 0.333 e. The molecule has 0 amide bonds. The van der Waals surface area contributed by atoms with Gasteiger partial charge < -0.3 is 4.52 Å². The molecule has 0 bridgehead atoms. The second-order valence-electron chi connectivity index (χ2n) is 5.44. The monoisotopic (exact) mass is 356 g/mol. The molecule has 5 nitrogen and oxygen atoms in total. The number of hydrogen-bond acceptors (Lipinski definition) is 4. The van der Waals surface area contributed by atoms with Gasteiger partial charge in [0.05, 0.1) is 17.4 Å². The van der Waals surface area contributed by atoms with Crippen LogP contribution in [0.25, 0.3) is 28.5 Å². The van der Waals surface area contributed by atoms with Crippen LogP contribution >= 0.6 is 0 Å². The van der Waals surface area contributed by atoms with Crippen molar-refractivity contribution in [1.29, 1.82) is 0 Å². The Labute approximate surface area is 145 Å². The molecule has 0 saturated heterocycles. The fourth-order valence-electron chi connectivity index (χ4n) is 2.58. The van der Waals surface area contributed by atoms with E-state index >= 15 is 0 Å². The Balaban J connectivity index is 1.83. The maximum atomic E-state index is 13.7. The van der Waals surface area contributed by atoms with E-state index in [-0.39, 0.29) is 23.0 Å². The first-order valence-corrected chi connectivity index (χ1v) is 7.64. The van der Waals surface area contributed by atoms with Gasteiger partial charge in [-0.25, -0.2) is 4.68 Å². The Morgan fingerprint density at radius 2 is 1.54 bits per heavy atom. The van der Waals surface area contributed by atoms with Crippen molar-refractivity contribution in [2.24, 2.45) is 0 Å². The zero-order valence-corrected chi connectivity index (χ0v) is 13.2. The predicted octanol–water partition coefficient (Wildman–Crippen LogP) is 4.61. The van der Waals surface area contributed by atoms with Gasteiger partial charge in [-0.05, 0) is 12.1 Å². The van der Waals surface area contributed by atoms with Gasteiger partial charge in [0, 0.05) is 5.56 Å². The highest BCUT2D eigenvalue weighted by molar-refractivity contribution is 5.62. The highest BCUT2D eigenvalue weighted by Gasteiger charge is 2.40. The molecule has 0 spiro atoms. The molecule has 130 valence electrons. The summed E-state index contributed by atoms with van der Waals surface area (Å²) in [6, 6.07) is 16.9. The Morgan fingerprint density at radius 1 is 0.885 bits per heavy atom. The molecule has 0 fully saturated rings. The van der Waals surface area contributed by atoms with E-state index in [4.69, 9.17) is 4.52 Å². The van der Waals surface area contributed by atoms with E-state index < -0.39 is 11.9 Å². The van der Waals surface area contributed by atoms with Crippen LogP contribution in [0.5, 0.6) is 0 Å². The SMILES string of the molecule is FC(F)(F)c1c(-c2nc(-c3ccccc3)no2)cnn1-c1ccccc1. The van der Waals surface area contributed by atoms with E-state index in [0.717, 1.165) is 10.9 Å². The minimum atomic E-state index is -4.65. The summed E-state index contributed by atoms with van der Waals surface area (Å²) in [5.41, 5.74) is -0.302. The molecule has 0 unspecified atom stereocenters. The molecule has 0 aliphatic heterocycles. The van der Waals surface area contributed by atoms with Crippen molar-refractivity contribution < 1.29 is 17.7 Å². The normalized spacial score (nSPS) is 11.7. The number of para-hydroxylation sites is 1. The van der Waals surface area contributed by atoms with Gasteiger partial charge in [0.25, 0.3) is 5.89 Å². The maximum absolute atomic E-state index is 13.7. The fraction of sp³-hybridized carbons (Fsp3) is 0.0556. The lowest BCUT2D eigenvalue weighted by molar-refractivity contribution is -0.142. The maximum Gasteiger partial charge on any atom is 0.434 e. The van der Waals surface area contributed by atoms with Gasteiger partial charge >= 0.3 is 6.18 Å². The largest absolute Gasteiger partial charge is 0.434 e. The minimum absolute atomic E-state index is 0.209. The first-order chi connectivity index (χ1) is 12.5. The number of hydrogen-bond donors (Lipinski definition) is 0. The molecular formula is C18H11F3N4O. The summed E-state index contributed by atoms with van der Waals surface area (Å²) in [5, 5.41) is 7.66. The van der Waals surface area contributed by atoms with Gasteiger partial charge in [-0.1, -0.05) is 53.7 Å². The number of aromatic nitrogens is 4. The third kappa shape index (κ3) is 2.85. The summed E-state index contributed by atoms with van der Waals surface area (Å²) in [6.45, 7) is 0. The van der Waals surface area contributed by atoms with E-state index in [1.807, 2.05) is 6.07 Å². The zero-order chi connectivity index (χ0) is 18.1. The van der Waals surface area contributed by atoms with Crippen molar-refractivity contribution >= 4 is 0 Å². The first-order valence-electron chi connectivity index (χ1n) is 7.64. The third-order valence-electron chi connectivity index (χ3n) is 3.73. The van der Waals surface area contributed by atoms with Gasteiger partial charge in [0.1, 0.15) is 0 Å². The van der Waals surface area contributed by atoms with Gasteiger partial charge in [-0.3, -0.25) is 0 Å². The number of benzene rings is 2. The van der Waals surface area contributed by atoms with Crippen molar-refractivity contribution in [3.8, 4) is 28.5 Å². The molecule has 4 aromatic rings. The van der Waals surface area contributed by atoms with Gasteiger partial charge in [0.2, 0.25) is 5.82 Å². The van der Waals surface area contributed by atoms with E-state index in [1.165, 1.54) is 12.1 Å². The molecule has 0 aliphatic rings. The zero-order valence-electron chi connectivity index (χ0n) is 13.2. The molecule has 0 saturated carbocycles. The lowest BCUT2D eigenvalue weighted by Gasteiger charge is -2.11. The molecular weight excluding hydrogens is 345 g/mol. The lowest BCUT2D eigenvalue weighted by Crippen LogP contribution is -2.14. The van der Waals surface area contributed by atoms with E-state index in [9.17, 15) is 13.2 Å². The van der Waals surface area contributed by atoms with Crippen LogP contribution in [0.3, 0.4) is 0 Å². The summed E-state index contributed by atoms with van der Waals surface area (Å²) in [7, 11) is 0. The molecule has 0 atom stereocenters. The average molecular weight is 356 g/mol. The topological polar surface area (TPSA) is 56.7 Å². The fourth-order valence-corrected chi connectivity index (χ4v) is 2.58. The molecule has 2 aromatic heterocycles. The Bertz CT molecular complexity index is 1020.